The van der Waals surface area contributed by atoms with Gasteiger partial charge in [-0.2, -0.15) is 4.98 Å². The monoisotopic (exact) mass is 660 g/mol. The van der Waals surface area contributed by atoms with Crippen LogP contribution in [-0.2, 0) is 36.7 Å². The van der Waals surface area contributed by atoms with E-state index in [1.165, 1.54) is 28.1 Å². The van der Waals surface area contributed by atoms with Crippen molar-refractivity contribution in [2.24, 2.45) is 0 Å². The zero-order valence-corrected chi connectivity index (χ0v) is 24.4. The number of thiol groups is 1. The molecule has 0 radical (unpaired) electrons. The van der Waals surface area contributed by atoms with Crippen molar-refractivity contribution in [1.29, 1.82) is 0 Å². The Morgan fingerprint density at radius 3 is 2.63 bits per heavy atom. The highest BCUT2D eigenvalue weighted by atomic mass is 32.7. The van der Waals surface area contributed by atoms with E-state index in [-0.39, 0.29) is 47.1 Å². The lowest BCUT2D eigenvalue weighted by Crippen LogP contribution is -2.33. The molecule has 3 saturated heterocycles. The number of anilines is 2. The smallest absolute Gasteiger partial charge is 0.382 e. The van der Waals surface area contributed by atoms with Crippen LogP contribution in [0.2, 0.25) is 0 Å². The highest BCUT2D eigenvalue weighted by molar-refractivity contribution is 8.44. The molecule has 3 unspecified atom stereocenters. The molecule has 3 fully saturated rings. The number of nitrogens with two attached hydrogens (primary N) is 2. The first kappa shape index (κ1) is 28.8. The number of ether oxygens (including phenoxy) is 2. The van der Waals surface area contributed by atoms with E-state index in [9.17, 15) is 13.9 Å². The van der Waals surface area contributed by atoms with Crippen LogP contribution in [-0.4, -0.2) is 82.8 Å². The van der Waals surface area contributed by atoms with Crippen molar-refractivity contribution >= 4 is 61.4 Å². The number of aromatic amines is 1. The quantitative estimate of drug-likeness (QED) is 0.172. The summed E-state index contributed by atoms with van der Waals surface area (Å²) < 4.78 is 78.9. The average Bonchev–Trinajstić information content (AvgIpc) is 3.72. The Morgan fingerprint density at radius 1 is 1.05 bits per heavy atom. The Balaban J connectivity index is 1.16. The van der Waals surface area contributed by atoms with Crippen LogP contribution < -0.4 is 17.0 Å². The van der Waals surface area contributed by atoms with Gasteiger partial charge in [0, 0.05) is 6.42 Å². The normalized spacial score (nSPS) is 35.4. The van der Waals surface area contributed by atoms with Gasteiger partial charge in [0.25, 0.3) is 5.56 Å². The first-order valence-corrected chi connectivity index (χ1v) is 16.6. The number of rotatable bonds is 2. The highest BCUT2D eigenvalue weighted by Crippen LogP contribution is 2.57. The topological polar surface area (TPSA) is 249 Å². The molecule has 0 aromatic carbocycles. The number of aromatic nitrogens is 8. The standard InChI is InChI=1S/C20H23FN10O9P2S/c21-10-13-9(38-19(10)30-5-26-11-14(22)24-4-25-15(11)30)3-36-42(34,43)40-8-1-7(2-35-41(33)39-13)37-18(8)31-6-27-12-16(31)28-20(23)29-17(12)32/h4-10,13,18-19,41H,1-3H2,(H,34,43)(H2,22,24,25)(H3,23,28,29,32)/t7-,8?,9+,10?,13-,18+,19+,42+/m0/s1. The molecule has 5 N–H and O–H groups in total. The third-order valence-corrected chi connectivity index (χ3v) is 9.60. The van der Waals surface area contributed by atoms with Crippen LogP contribution in [0.25, 0.3) is 22.3 Å². The van der Waals surface area contributed by atoms with Crippen LogP contribution in [0.3, 0.4) is 0 Å². The Kier molecular flexibility index (Phi) is 7.26. The molecular formula is C20H23FN10O9P2S. The Morgan fingerprint density at radius 2 is 1.81 bits per heavy atom. The molecule has 0 spiro atoms. The minimum Gasteiger partial charge on any atom is -0.382 e. The molecule has 7 heterocycles. The van der Waals surface area contributed by atoms with Crippen molar-refractivity contribution in [2.75, 3.05) is 24.7 Å². The number of hydrogen-bond donors (Lipinski definition) is 4. The molecule has 3 aliphatic heterocycles. The van der Waals surface area contributed by atoms with Gasteiger partial charge in [-0.1, -0.05) is 12.2 Å². The number of halogens is 1. The van der Waals surface area contributed by atoms with E-state index in [0.717, 1.165) is 0 Å². The molecule has 230 valence electrons. The zero-order chi connectivity index (χ0) is 30.0. The summed E-state index contributed by atoms with van der Waals surface area (Å²) in [6.07, 6.45) is -4.98. The van der Waals surface area contributed by atoms with Crippen LogP contribution >= 0.6 is 27.3 Å². The van der Waals surface area contributed by atoms with Gasteiger partial charge >= 0.3 is 15.1 Å². The molecule has 0 amide bonds. The second kappa shape index (κ2) is 10.9. The largest absolute Gasteiger partial charge is 0.386 e. The Bertz CT molecular complexity index is 1840. The lowest BCUT2D eigenvalue weighted by molar-refractivity contribution is -0.0557. The van der Waals surface area contributed by atoms with E-state index in [1.807, 2.05) is 0 Å². The van der Waals surface area contributed by atoms with E-state index >= 15 is 4.39 Å². The maximum absolute atomic E-state index is 15.8. The lowest BCUT2D eigenvalue weighted by Gasteiger charge is -2.25. The van der Waals surface area contributed by atoms with Gasteiger partial charge in [0.1, 0.15) is 30.2 Å². The van der Waals surface area contributed by atoms with Crippen LogP contribution in [0.5, 0.6) is 0 Å². The summed E-state index contributed by atoms with van der Waals surface area (Å²) in [6.45, 7) is -4.99. The summed E-state index contributed by atoms with van der Waals surface area (Å²) in [7, 11) is -3.32. The first-order valence-electron chi connectivity index (χ1n) is 12.7. The van der Waals surface area contributed by atoms with Crippen LogP contribution in [0.4, 0.5) is 16.2 Å². The highest BCUT2D eigenvalue weighted by Gasteiger charge is 2.50. The summed E-state index contributed by atoms with van der Waals surface area (Å²) in [4.78, 5) is 34.9. The summed E-state index contributed by atoms with van der Waals surface area (Å²) in [5.74, 6) is -0.0818. The number of nitrogens with zero attached hydrogens (tertiary/aromatic N) is 7. The number of H-pyrrole nitrogens is 1. The number of nitrogen functional groups attached to an aromatic ring is 2. The molecule has 0 aliphatic carbocycles. The number of nitrogens with one attached hydrogen (secondary N) is 1. The van der Waals surface area contributed by atoms with Crippen molar-refractivity contribution < 1.29 is 41.1 Å². The van der Waals surface area contributed by atoms with Crippen molar-refractivity contribution in [3.63, 3.8) is 0 Å². The van der Waals surface area contributed by atoms with Crippen LogP contribution in [0.1, 0.15) is 18.9 Å². The molecule has 4 aromatic rings. The molecule has 7 rings (SSSR count). The number of alkyl halides is 1. The van der Waals surface area contributed by atoms with Crippen molar-refractivity contribution in [3.8, 4) is 0 Å². The summed E-state index contributed by atoms with van der Waals surface area (Å²) >= 11 is 4.11. The van der Waals surface area contributed by atoms with Crippen LogP contribution in [0.15, 0.2) is 23.8 Å². The van der Waals surface area contributed by atoms with E-state index in [1.54, 1.807) is 0 Å². The molecule has 43 heavy (non-hydrogen) atoms. The van der Waals surface area contributed by atoms with E-state index in [4.69, 9.17) is 39.0 Å². The Hall–Kier alpha value is -3.00. The van der Waals surface area contributed by atoms with E-state index < -0.39 is 70.3 Å². The summed E-state index contributed by atoms with van der Waals surface area (Å²) in [6, 6.07) is 0. The van der Waals surface area contributed by atoms with Crippen molar-refractivity contribution in [2.45, 2.75) is 49.5 Å². The maximum atomic E-state index is 15.8. The molecule has 9 atom stereocenters. The second-order valence-electron chi connectivity index (χ2n) is 9.80. The van der Waals surface area contributed by atoms with Crippen molar-refractivity contribution in [1.82, 2.24) is 39.0 Å². The minimum atomic E-state index is -4.18. The summed E-state index contributed by atoms with van der Waals surface area (Å²) in [5.41, 5.74) is 11.4. The average molecular weight is 660 g/mol. The number of imidazole rings is 2. The van der Waals surface area contributed by atoms with Gasteiger partial charge in [0.15, 0.2) is 41.3 Å². The van der Waals surface area contributed by atoms with Gasteiger partial charge in [0.05, 0.1) is 32.0 Å². The van der Waals surface area contributed by atoms with Crippen LogP contribution in [0, 0.1) is 0 Å². The SMILES string of the molecule is Nc1nc2c(ncn2[C@@H]2O[C@@H]3CO[PH](=O)O[C@@H]4C(F)[C@H](n5cnc6c(N)ncnc65)O[C@@H]4CO[P@@](=O)(S)OC2C3)c(=O)[nH]1. The number of hydrogen-bond acceptors (Lipinski definition) is 16. The first-order chi connectivity index (χ1) is 20.6. The fourth-order valence-corrected chi connectivity index (χ4v) is 7.60. The van der Waals surface area contributed by atoms with Gasteiger partial charge in [-0.25, -0.2) is 28.9 Å². The minimum absolute atomic E-state index is 0.0195. The predicted molar refractivity (Wildman–Crippen MR) is 147 cm³/mol. The van der Waals surface area contributed by atoms with Gasteiger partial charge in [-0.05, 0) is 0 Å². The molecule has 19 nitrogen and oxygen atoms in total. The van der Waals surface area contributed by atoms with Gasteiger partial charge in [-0.15, -0.1) is 0 Å². The summed E-state index contributed by atoms with van der Waals surface area (Å²) in [5, 5.41) is 0. The van der Waals surface area contributed by atoms with Gasteiger partial charge in [-0.3, -0.25) is 32.5 Å². The maximum Gasteiger partial charge on any atom is 0.386 e. The Labute approximate surface area is 245 Å². The van der Waals surface area contributed by atoms with Gasteiger partial charge in [0.2, 0.25) is 5.95 Å². The van der Waals surface area contributed by atoms with E-state index in [0.29, 0.717) is 0 Å². The van der Waals surface area contributed by atoms with E-state index in [2.05, 4.69) is 42.2 Å². The molecule has 2 bridgehead atoms. The molecule has 0 saturated carbocycles. The molecular weight excluding hydrogens is 637 g/mol. The predicted octanol–water partition coefficient (Wildman–Crippen LogP) is 0.892. The molecule has 3 aliphatic rings. The zero-order valence-electron chi connectivity index (χ0n) is 21.6. The fraction of sp³-hybridized carbons (Fsp3) is 0.500. The molecule has 23 heteroatoms. The number of fused-ring (bicyclic) bond motifs is 5. The molecule has 4 aromatic heterocycles. The fourth-order valence-electron chi connectivity index (χ4n) is 5.22. The second-order valence-corrected chi connectivity index (χ2v) is 13.7. The van der Waals surface area contributed by atoms with Gasteiger partial charge < -0.3 is 30.0 Å². The van der Waals surface area contributed by atoms with Crippen molar-refractivity contribution in [3.05, 3.63) is 29.3 Å². The third-order valence-electron chi connectivity index (χ3n) is 7.09. The third kappa shape index (κ3) is 5.23. The lowest BCUT2D eigenvalue weighted by atomic mass is 10.1.